The second kappa shape index (κ2) is 36.0. The van der Waals surface area contributed by atoms with Gasteiger partial charge in [0, 0.05) is 64.5 Å². The van der Waals surface area contributed by atoms with Crippen LogP contribution in [-0.4, -0.2) is 196 Å². The molecule has 1 unspecified atom stereocenters. The van der Waals surface area contributed by atoms with Crippen molar-refractivity contribution >= 4 is 29.5 Å². The number of hydrogen-bond donors (Lipinski definition) is 5. The normalized spacial score (nSPS) is 35.6. The van der Waals surface area contributed by atoms with Crippen LogP contribution in [0.4, 0.5) is 4.79 Å². The summed E-state index contributed by atoms with van der Waals surface area (Å²) in [7, 11) is 3.11. The van der Waals surface area contributed by atoms with Crippen molar-refractivity contribution in [1.29, 1.82) is 0 Å². The number of aliphatic hydroxyl groups is 4. The Morgan fingerprint density at radius 1 is 0.765 bits per heavy atom. The van der Waals surface area contributed by atoms with E-state index in [0.29, 0.717) is 104 Å². The fraction of sp³-hybridized carbons (Fsp3) is 0.787. The van der Waals surface area contributed by atoms with Crippen LogP contribution in [0.2, 0.25) is 0 Å². The Bertz CT molecular complexity index is 2070. The molecule has 5 N–H and O–H groups in total. The van der Waals surface area contributed by atoms with Crippen LogP contribution >= 0.6 is 0 Å². The number of amides is 2. The van der Waals surface area contributed by atoms with Gasteiger partial charge in [-0.3, -0.25) is 14.4 Å². The van der Waals surface area contributed by atoms with E-state index in [1.54, 1.807) is 48.0 Å². The fourth-order valence-corrected chi connectivity index (χ4v) is 11.4. The number of cyclic esters (lactones) is 1. The van der Waals surface area contributed by atoms with Gasteiger partial charge in [-0.15, -0.1) is 0 Å². The maximum atomic E-state index is 14.8. The van der Waals surface area contributed by atoms with Crippen molar-refractivity contribution in [2.75, 3.05) is 80.2 Å². The van der Waals surface area contributed by atoms with Gasteiger partial charge in [0.2, 0.25) is 5.78 Å². The number of carbonyl (C=O) groups is 5. The Kier molecular flexibility index (Phi) is 30.9. The summed E-state index contributed by atoms with van der Waals surface area (Å²) in [6.45, 7) is 18.2. The Morgan fingerprint density at radius 3 is 2.11 bits per heavy atom. The molecule has 16 atom stereocenters. The molecule has 3 heterocycles. The lowest BCUT2D eigenvalue weighted by Crippen LogP contribution is -2.62. The lowest BCUT2D eigenvalue weighted by Gasteiger charge is -2.40. The summed E-state index contributed by atoms with van der Waals surface area (Å²) in [5.74, 6) is -8.36. The molecule has 20 heteroatoms. The molecule has 4 aliphatic rings. The molecular formula is C61H100N2O18. The number of fused-ring (bicyclic) bond motifs is 3. The number of esters is 1. The van der Waals surface area contributed by atoms with E-state index in [2.05, 4.69) is 5.32 Å². The molecule has 3 fully saturated rings. The van der Waals surface area contributed by atoms with Crippen molar-refractivity contribution < 1.29 is 87.0 Å². The molecule has 3 aliphatic heterocycles. The van der Waals surface area contributed by atoms with Gasteiger partial charge < -0.3 is 73.3 Å². The van der Waals surface area contributed by atoms with E-state index in [4.69, 9.17) is 42.6 Å². The third-order valence-corrected chi connectivity index (χ3v) is 16.4. The molecule has 2 bridgehead atoms. The molecule has 20 nitrogen and oxygen atoms in total. The van der Waals surface area contributed by atoms with Crippen LogP contribution in [0.15, 0.2) is 47.6 Å². The first-order valence-corrected chi connectivity index (χ1v) is 29.7. The van der Waals surface area contributed by atoms with Gasteiger partial charge >= 0.3 is 17.8 Å². The standard InChI is InChI=1S/C61H100N2O18/c1-11-75-27-28-77-31-32-78-30-29-76-26-24-62-60(71)80-50-23-21-46(36-53(50)74-10)35-43(6)52-38-49(64)42(5)34-45(8)55(66)56(67)54(65)44(7)33-39(2)17-13-12-14-18-40(3)51(73-9)37-47-22-20-41(4)57(68)61(72,81-47)59(70)63-25-16-15-19-48(63)58(69)79-52/h12-14,17-18,34,39,41-44,46-53,55-56,64,66-67,72H,11,15-16,19-33,35-38H2,1-10H3,(H,62,71)/b14-12+,17-13+,40-18+,45-34+/t39-,41-,42-,43-,44-,46+,47+,48+,49-,50-,51+,52+,53-,55-,56+,61?/m1/s1. The minimum atomic E-state index is -2.88. The van der Waals surface area contributed by atoms with E-state index in [1.165, 1.54) is 4.90 Å². The molecular weight excluding hydrogens is 1050 g/mol. The van der Waals surface area contributed by atoms with Crippen LogP contribution in [0.3, 0.4) is 0 Å². The maximum absolute atomic E-state index is 14.8. The highest BCUT2D eigenvalue weighted by atomic mass is 16.6. The first kappa shape index (κ1) is 69.6. The Morgan fingerprint density at radius 2 is 1.44 bits per heavy atom. The number of ketones is 2. The third-order valence-electron chi connectivity index (χ3n) is 16.4. The zero-order valence-corrected chi connectivity index (χ0v) is 50.1. The van der Waals surface area contributed by atoms with E-state index in [1.807, 2.05) is 58.1 Å². The molecule has 2 saturated heterocycles. The van der Waals surface area contributed by atoms with Gasteiger partial charge in [0.15, 0.2) is 5.78 Å². The number of nitrogens with one attached hydrogen (secondary N) is 1. The van der Waals surface area contributed by atoms with Crippen molar-refractivity contribution in [3.8, 4) is 0 Å². The van der Waals surface area contributed by atoms with E-state index in [0.717, 1.165) is 5.57 Å². The molecule has 0 spiro atoms. The maximum Gasteiger partial charge on any atom is 0.407 e. The fourth-order valence-electron chi connectivity index (χ4n) is 11.4. The van der Waals surface area contributed by atoms with Crippen LogP contribution in [-0.2, 0) is 61.8 Å². The summed E-state index contributed by atoms with van der Waals surface area (Å²) < 4.78 is 52.0. The van der Waals surface area contributed by atoms with Crippen LogP contribution in [0.25, 0.3) is 0 Å². The molecule has 0 aromatic rings. The van der Waals surface area contributed by atoms with Crippen molar-refractivity contribution in [2.24, 2.45) is 35.5 Å². The molecule has 1 aliphatic carbocycles. The number of allylic oxidation sites excluding steroid dienone is 5. The third kappa shape index (κ3) is 22.2. The molecule has 1 saturated carbocycles. The monoisotopic (exact) mass is 1150 g/mol. The van der Waals surface area contributed by atoms with Gasteiger partial charge in [-0.1, -0.05) is 71.1 Å². The van der Waals surface area contributed by atoms with E-state index in [9.17, 15) is 44.4 Å². The highest BCUT2D eigenvalue weighted by molar-refractivity contribution is 6.09. The lowest BCUT2D eigenvalue weighted by atomic mass is 9.78. The molecule has 0 aromatic heterocycles. The summed E-state index contributed by atoms with van der Waals surface area (Å²) in [6, 6.07) is -1.19. The van der Waals surface area contributed by atoms with Crippen LogP contribution in [0, 0.1) is 35.5 Å². The van der Waals surface area contributed by atoms with E-state index in [-0.39, 0.29) is 62.3 Å². The number of aliphatic hydroxyl groups excluding tert-OH is 3. The SMILES string of the molecule is CCOCCOCCOCCOCCNC(=O)O[C@@H]1CC[C@@H](C[C@@H](C)[C@@H]2C[C@@H](O)[C@H](C)/C=C(\C)[C@@H](O)[C@@H](O)C(=O)[C@H](C)C[C@H](C)/C=C/C=C/C=C(\C)[C@@H](OC)C[C@@H]3CC[C@@H](C)C(=O)C(O)(O3)C(=O)N3CCCC[C@H]3C(=O)O2)C[C@H]1OC. The number of carbonyl (C=O) groups excluding carboxylic acids is 5. The second-order valence-electron chi connectivity index (χ2n) is 22.9. The van der Waals surface area contributed by atoms with E-state index >= 15 is 0 Å². The molecule has 0 radical (unpaired) electrons. The zero-order valence-electron chi connectivity index (χ0n) is 50.1. The smallest absolute Gasteiger partial charge is 0.407 e. The van der Waals surface area contributed by atoms with E-state index < -0.39 is 108 Å². The number of ether oxygens (including phenoxy) is 9. The largest absolute Gasteiger partial charge is 0.460 e. The van der Waals surface area contributed by atoms with Gasteiger partial charge in [-0.25, -0.2) is 9.59 Å². The van der Waals surface area contributed by atoms with Gasteiger partial charge in [-0.05, 0) is 114 Å². The van der Waals surface area contributed by atoms with Crippen molar-refractivity contribution in [1.82, 2.24) is 10.2 Å². The quantitative estimate of drug-likeness (QED) is 0.0421. The van der Waals surface area contributed by atoms with Crippen LogP contribution in [0.1, 0.15) is 132 Å². The topological polar surface area (TPSA) is 265 Å². The van der Waals surface area contributed by atoms with Gasteiger partial charge in [0.1, 0.15) is 30.5 Å². The summed E-state index contributed by atoms with van der Waals surface area (Å²) in [4.78, 5) is 71.2. The lowest BCUT2D eigenvalue weighted by molar-refractivity contribution is -0.231. The predicted molar refractivity (Wildman–Crippen MR) is 303 cm³/mol. The first-order valence-electron chi connectivity index (χ1n) is 29.7. The van der Waals surface area contributed by atoms with Gasteiger partial charge in [0.25, 0.3) is 5.91 Å². The van der Waals surface area contributed by atoms with Crippen molar-refractivity contribution in [3.05, 3.63) is 47.6 Å². The first-order chi connectivity index (χ1) is 38.6. The minimum Gasteiger partial charge on any atom is -0.460 e. The highest BCUT2D eigenvalue weighted by Crippen LogP contribution is 2.37. The number of rotatable bonds is 19. The molecule has 0 aromatic carbocycles. The summed E-state index contributed by atoms with van der Waals surface area (Å²) in [5.41, 5.74) is 1.11. The molecule has 81 heavy (non-hydrogen) atoms. The Balaban J connectivity index is 1.54. The van der Waals surface area contributed by atoms with Crippen molar-refractivity contribution in [2.45, 2.75) is 193 Å². The number of piperidine rings is 1. The summed E-state index contributed by atoms with van der Waals surface area (Å²) in [6.07, 6.45) is 7.48. The average Bonchev–Trinajstić information content (AvgIpc) is 3.74. The number of nitrogens with zero attached hydrogens (tertiary/aromatic N) is 1. The van der Waals surface area contributed by atoms with Gasteiger partial charge in [-0.2, -0.15) is 0 Å². The minimum absolute atomic E-state index is 0.0187. The van der Waals surface area contributed by atoms with Crippen LogP contribution in [0.5, 0.6) is 0 Å². The van der Waals surface area contributed by atoms with Crippen molar-refractivity contribution in [3.63, 3.8) is 0 Å². The Labute approximate surface area is 481 Å². The average molecular weight is 1150 g/mol. The highest BCUT2D eigenvalue weighted by Gasteiger charge is 2.55. The van der Waals surface area contributed by atoms with Crippen LogP contribution < -0.4 is 5.32 Å². The Hall–Kier alpha value is -3.93. The number of methoxy groups -OCH3 is 2. The van der Waals surface area contributed by atoms with Gasteiger partial charge in [0.05, 0.1) is 70.7 Å². The predicted octanol–water partition coefficient (Wildman–Crippen LogP) is 6.14. The second-order valence-corrected chi connectivity index (χ2v) is 22.9. The summed E-state index contributed by atoms with van der Waals surface area (Å²) >= 11 is 0. The zero-order chi connectivity index (χ0) is 59.6. The molecule has 2 amide bonds. The number of Topliss-reactive ketones (excluding diaryl/α,β-unsaturated/α-hetero) is 2. The number of hydrogen-bond acceptors (Lipinski definition) is 18. The summed E-state index contributed by atoms with van der Waals surface area (Å²) in [5, 5.41) is 49.4. The number of alkyl carbamates (subject to hydrolysis) is 1. The molecule has 462 valence electrons. The molecule has 4 rings (SSSR count).